The second kappa shape index (κ2) is 8.15. The number of hydrogen-bond acceptors (Lipinski definition) is 8. The second-order valence-corrected chi connectivity index (χ2v) is 7.16. The molecule has 0 aliphatic carbocycles. The topological polar surface area (TPSA) is 81.4 Å². The first-order chi connectivity index (χ1) is 11.7. The number of thioether (sulfide) groups is 1. The summed E-state index contributed by atoms with van der Waals surface area (Å²) < 4.78 is 15.5. The van der Waals surface area contributed by atoms with Crippen molar-refractivity contribution in [3.8, 4) is 0 Å². The third-order valence-corrected chi connectivity index (χ3v) is 5.14. The van der Waals surface area contributed by atoms with E-state index in [4.69, 9.17) is 0 Å². The molecular weight excluding hydrogens is 349 g/mol. The van der Waals surface area contributed by atoms with Crippen LogP contribution in [-0.2, 0) is 18.8 Å². The van der Waals surface area contributed by atoms with Gasteiger partial charge in [-0.25, -0.2) is 9.07 Å². The van der Waals surface area contributed by atoms with Crippen molar-refractivity contribution in [2.45, 2.75) is 36.5 Å². The van der Waals surface area contributed by atoms with E-state index >= 15 is 0 Å². The number of rotatable bonds is 8. The molecule has 24 heavy (non-hydrogen) atoms. The zero-order valence-corrected chi connectivity index (χ0v) is 14.6. The van der Waals surface area contributed by atoms with Gasteiger partial charge in [0.05, 0.1) is 5.75 Å². The Morgan fingerprint density at radius 2 is 2.04 bits per heavy atom. The van der Waals surface area contributed by atoms with E-state index < -0.39 is 0 Å². The van der Waals surface area contributed by atoms with Crippen LogP contribution in [0.15, 0.2) is 28.6 Å². The van der Waals surface area contributed by atoms with Crippen molar-refractivity contribution in [3.63, 3.8) is 0 Å². The normalized spacial score (nSPS) is 10.9. The first kappa shape index (κ1) is 16.8. The van der Waals surface area contributed by atoms with Crippen LogP contribution in [0.2, 0.25) is 0 Å². The van der Waals surface area contributed by atoms with Gasteiger partial charge in [-0.15, -0.1) is 15.3 Å². The Morgan fingerprint density at radius 1 is 1.21 bits per heavy atom. The zero-order chi connectivity index (χ0) is 16.8. The Kier molecular flexibility index (Phi) is 5.70. The molecule has 2 heterocycles. The summed E-state index contributed by atoms with van der Waals surface area (Å²) in [5.74, 6) is 1.25. The van der Waals surface area contributed by atoms with Crippen molar-refractivity contribution in [2.75, 3.05) is 5.32 Å². The highest BCUT2D eigenvalue weighted by atomic mass is 32.2. The second-order valence-electron chi connectivity index (χ2n) is 4.96. The van der Waals surface area contributed by atoms with E-state index in [2.05, 4.69) is 38.0 Å². The van der Waals surface area contributed by atoms with Crippen molar-refractivity contribution >= 4 is 28.2 Å². The average molecular weight is 365 g/mol. The number of nitrogens with one attached hydrogen (secondary N) is 1. The van der Waals surface area contributed by atoms with E-state index in [1.54, 1.807) is 23.9 Å². The smallest absolute Gasteiger partial charge is 0.206 e. The number of hydrogen-bond donors (Lipinski definition) is 1. The van der Waals surface area contributed by atoms with Crippen LogP contribution in [0.1, 0.15) is 24.7 Å². The lowest BCUT2D eigenvalue weighted by molar-refractivity contribution is 0.564. The van der Waals surface area contributed by atoms with Crippen molar-refractivity contribution in [1.29, 1.82) is 0 Å². The molecule has 0 spiro atoms. The maximum absolute atomic E-state index is 12.9. The zero-order valence-electron chi connectivity index (χ0n) is 13.0. The van der Waals surface area contributed by atoms with Gasteiger partial charge in [0, 0.05) is 13.1 Å². The number of aryl methyl sites for hydroxylation is 1. The molecule has 0 aliphatic rings. The molecule has 0 unspecified atom stereocenters. The monoisotopic (exact) mass is 365 g/mol. The molecule has 0 bridgehead atoms. The maximum atomic E-state index is 12.9. The molecule has 1 N–H and O–H groups in total. The van der Waals surface area contributed by atoms with E-state index in [0.717, 1.165) is 33.8 Å². The predicted octanol–water partition coefficient (Wildman–Crippen LogP) is 2.98. The molecule has 3 rings (SSSR count). The molecule has 1 aromatic carbocycles. The summed E-state index contributed by atoms with van der Waals surface area (Å²) in [6.07, 6.45) is 0.985. The quantitative estimate of drug-likeness (QED) is 0.615. The Bertz CT molecular complexity index is 772. The fraction of sp³-hybridized carbons (Fsp3) is 0.357. The SMILES string of the molecule is CCCn1nnnc1CSc1nnc(NCc2ccc(F)cc2)s1. The lowest BCUT2D eigenvalue weighted by Gasteiger charge is -2.01. The third-order valence-electron chi connectivity index (χ3n) is 3.13. The summed E-state index contributed by atoms with van der Waals surface area (Å²) in [5, 5.41) is 23.9. The van der Waals surface area contributed by atoms with E-state index in [-0.39, 0.29) is 5.82 Å². The number of benzene rings is 1. The highest BCUT2D eigenvalue weighted by molar-refractivity contribution is 8.00. The summed E-state index contributed by atoms with van der Waals surface area (Å²) in [6, 6.07) is 6.37. The van der Waals surface area contributed by atoms with Crippen molar-refractivity contribution < 1.29 is 4.39 Å². The highest BCUT2D eigenvalue weighted by Gasteiger charge is 2.09. The Hall–Kier alpha value is -2.07. The summed E-state index contributed by atoms with van der Waals surface area (Å²) in [4.78, 5) is 0. The summed E-state index contributed by atoms with van der Waals surface area (Å²) in [5.41, 5.74) is 0.986. The van der Waals surface area contributed by atoms with Gasteiger partial charge < -0.3 is 5.32 Å². The molecular formula is C14H16FN7S2. The van der Waals surface area contributed by atoms with Gasteiger partial charge >= 0.3 is 0 Å². The molecule has 0 saturated carbocycles. The molecule has 0 amide bonds. The molecule has 10 heteroatoms. The number of tetrazole rings is 1. The van der Waals surface area contributed by atoms with Crippen LogP contribution in [-0.4, -0.2) is 30.4 Å². The molecule has 126 valence electrons. The van der Waals surface area contributed by atoms with E-state index in [0.29, 0.717) is 12.3 Å². The molecule has 2 aromatic heterocycles. The van der Waals surface area contributed by atoms with Crippen molar-refractivity contribution in [1.82, 2.24) is 30.4 Å². The molecule has 0 aliphatic heterocycles. The van der Waals surface area contributed by atoms with Crippen LogP contribution in [0.25, 0.3) is 0 Å². The van der Waals surface area contributed by atoms with Gasteiger partial charge in [-0.2, -0.15) is 0 Å². The maximum Gasteiger partial charge on any atom is 0.206 e. The van der Waals surface area contributed by atoms with E-state index in [1.807, 2.05) is 4.68 Å². The van der Waals surface area contributed by atoms with Gasteiger partial charge in [0.25, 0.3) is 0 Å². The minimum Gasteiger partial charge on any atom is -0.356 e. The van der Waals surface area contributed by atoms with E-state index in [1.165, 1.54) is 23.5 Å². The fourth-order valence-electron chi connectivity index (χ4n) is 1.96. The van der Waals surface area contributed by atoms with Crippen molar-refractivity contribution in [3.05, 3.63) is 41.5 Å². The molecule has 0 atom stereocenters. The Balaban J connectivity index is 1.51. The fourth-order valence-corrected chi connectivity index (χ4v) is 3.64. The highest BCUT2D eigenvalue weighted by Crippen LogP contribution is 2.27. The van der Waals surface area contributed by atoms with Crippen LogP contribution >= 0.6 is 23.1 Å². The number of halogens is 1. The van der Waals surface area contributed by atoms with Crippen molar-refractivity contribution in [2.24, 2.45) is 0 Å². The van der Waals surface area contributed by atoms with Gasteiger partial charge in [-0.05, 0) is 34.5 Å². The van der Waals surface area contributed by atoms with Crippen LogP contribution in [0.4, 0.5) is 9.52 Å². The van der Waals surface area contributed by atoms with Crippen LogP contribution < -0.4 is 5.32 Å². The summed E-state index contributed by atoms with van der Waals surface area (Å²) in [6.45, 7) is 3.47. The van der Waals surface area contributed by atoms with Gasteiger partial charge in [0.1, 0.15) is 5.82 Å². The van der Waals surface area contributed by atoms with Gasteiger partial charge in [0.2, 0.25) is 5.13 Å². The molecule has 0 saturated heterocycles. The predicted molar refractivity (Wildman–Crippen MR) is 91.3 cm³/mol. The Morgan fingerprint density at radius 3 is 2.83 bits per heavy atom. The number of anilines is 1. The first-order valence-electron chi connectivity index (χ1n) is 7.44. The standard InChI is InChI=1S/C14H16FN7S2/c1-2-7-22-12(17-20-21-22)9-23-14-19-18-13(24-14)16-8-10-3-5-11(15)6-4-10/h3-6H,2,7-9H2,1H3,(H,16,18). The summed E-state index contributed by atoms with van der Waals surface area (Å²) >= 11 is 3.03. The van der Waals surface area contributed by atoms with Gasteiger partial charge in [-0.3, -0.25) is 0 Å². The van der Waals surface area contributed by atoms with Crippen LogP contribution in [0.3, 0.4) is 0 Å². The molecule has 0 radical (unpaired) electrons. The average Bonchev–Trinajstić information content (AvgIpc) is 3.22. The number of aromatic nitrogens is 6. The largest absolute Gasteiger partial charge is 0.356 e. The van der Waals surface area contributed by atoms with Gasteiger partial charge in [0.15, 0.2) is 10.2 Å². The molecule has 0 fully saturated rings. The molecule has 3 aromatic rings. The number of nitrogens with zero attached hydrogens (tertiary/aromatic N) is 6. The lowest BCUT2D eigenvalue weighted by Crippen LogP contribution is -2.04. The van der Waals surface area contributed by atoms with Gasteiger partial charge in [-0.1, -0.05) is 42.2 Å². The third kappa shape index (κ3) is 4.48. The minimum absolute atomic E-state index is 0.237. The first-order valence-corrected chi connectivity index (χ1v) is 9.24. The summed E-state index contributed by atoms with van der Waals surface area (Å²) in [7, 11) is 0. The van der Waals surface area contributed by atoms with E-state index in [9.17, 15) is 4.39 Å². The lowest BCUT2D eigenvalue weighted by atomic mass is 10.2. The molecule has 7 nitrogen and oxygen atoms in total. The minimum atomic E-state index is -0.237. The Labute approximate surface area is 146 Å². The van der Waals surface area contributed by atoms with Crippen LogP contribution in [0, 0.1) is 5.82 Å². The van der Waals surface area contributed by atoms with Crippen LogP contribution in [0.5, 0.6) is 0 Å².